The summed E-state index contributed by atoms with van der Waals surface area (Å²) < 4.78 is 13.5. The fraction of sp³-hybridized carbons (Fsp3) is 0.167. The zero-order valence-electron chi connectivity index (χ0n) is 11.9. The first-order valence-electron chi connectivity index (χ1n) is 7.08. The molecule has 0 aliphatic heterocycles. The Kier molecular flexibility index (Phi) is 3.77. The van der Waals surface area contributed by atoms with Crippen LogP contribution in [-0.4, -0.2) is 17.6 Å². The number of nitrogens with one attached hydrogen (secondary N) is 1. The molecule has 0 fully saturated rings. The number of carbonyl (C=O) groups is 1. The summed E-state index contributed by atoms with van der Waals surface area (Å²) >= 11 is 0. The van der Waals surface area contributed by atoms with Gasteiger partial charge in [-0.1, -0.05) is 48.6 Å². The molecular formula is C18H16FNO2. The molecule has 0 aromatic heterocycles. The second kappa shape index (κ2) is 5.73. The molecule has 0 saturated carbocycles. The number of hydrogen-bond donors (Lipinski definition) is 2. The van der Waals surface area contributed by atoms with Crippen LogP contribution >= 0.6 is 0 Å². The van der Waals surface area contributed by atoms with Gasteiger partial charge in [0.25, 0.3) is 0 Å². The van der Waals surface area contributed by atoms with Gasteiger partial charge in [0.2, 0.25) is 5.91 Å². The number of aliphatic hydroxyl groups excluding tert-OH is 1. The average molecular weight is 297 g/mol. The van der Waals surface area contributed by atoms with Gasteiger partial charge in [-0.15, -0.1) is 0 Å². The minimum Gasteiger partial charge on any atom is -0.395 e. The Morgan fingerprint density at radius 1 is 1.18 bits per heavy atom. The molecule has 3 rings (SSSR count). The third kappa shape index (κ3) is 2.42. The number of halogens is 1. The van der Waals surface area contributed by atoms with E-state index >= 15 is 0 Å². The molecule has 3 nitrogen and oxygen atoms in total. The van der Waals surface area contributed by atoms with Crippen molar-refractivity contribution in [2.45, 2.75) is 12.0 Å². The molecule has 0 spiro atoms. The van der Waals surface area contributed by atoms with Crippen LogP contribution in [0.15, 0.2) is 54.6 Å². The van der Waals surface area contributed by atoms with E-state index in [2.05, 4.69) is 5.32 Å². The minimum atomic E-state index is -1.22. The number of amides is 1. The van der Waals surface area contributed by atoms with E-state index in [-0.39, 0.29) is 5.91 Å². The lowest BCUT2D eigenvalue weighted by Gasteiger charge is -2.25. The van der Waals surface area contributed by atoms with Gasteiger partial charge in [0.15, 0.2) is 0 Å². The highest BCUT2D eigenvalue weighted by Gasteiger charge is 2.41. The molecule has 1 amide bonds. The van der Waals surface area contributed by atoms with Gasteiger partial charge in [0.1, 0.15) is 11.2 Å². The zero-order valence-corrected chi connectivity index (χ0v) is 11.9. The molecule has 1 aliphatic rings. The lowest BCUT2D eigenvalue weighted by atomic mass is 9.82. The van der Waals surface area contributed by atoms with Crippen LogP contribution in [0.25, 0.3) is 6.08 Å². The SMILES string of the molecule is O=C(NCc1ccccc1)C1(CO)C=Cc2ccc(F)cc21. The molecule has 1 unspecified atom stereocenters. The topological polar surface area (TPSA) is 49.3 Å². The van der Waals surface area contributed by atoms with Crippen molar-refractivity contribution in [3.05, 3.63) is 77.1 Å². The fourth-order valence-corrected chi connectivity index (χ4v) is 2.73. The van der Waals surface area contributed by atoms with Gasteiger partial charge in [0.05, 0.1) is 6.61 Å². The van der Waals surface area contributed by atoms with E-state index in [1.165, 1.54) is 12.1 Å². The van der Waals surface area contributed by atoms with E-state index in [0.717, 1.165) is 11.1 Å². The zero-order chi connectivity index (χ0) is 15.6. The number of fused-ring (bicyclic) bond motifs is 1. The minimum absolute atomic E-state index is 0.334. The van der Waals surface area contributed by atoms with Gasteiger partial charge >= 0.3 is 0 Å². The average Bonchev–Trinajstić information content (AvgIpc) is 2.92. The monoisotopic (exact) mass is 297 g/mol. The third-order valence-corrected chi connectivity index (χ3v) is 3.99. The van der Waals surface area contributed by atoms with Gasteiger partial charge in [-0.05, 0) is 28.8 Å². The van der Waals surface area contributed by atoms with E-state index < -0.39 is 17.8 Å². The van der Waals surface area contributed by atoms with Gasteiger partial charge in [-0.2, -0.15) is 0 Å². The highest BCUT2D eigenvalue weighted by atomic mass is 19.1. The van der Waals surface area contributed by atoms with Crippen molar-refractivity contribution in [1.82, 2.24) is 5.32 Å². The normalized spacial score (nSPS) is 19.0. The van der Waals surface area contributed by atoms with Crippen molar-refractivity contribution >= 4 is 12.0 Å². The first kappa shape index (κ1) is 14.5. The first-order valence-corrected chi connectivity index (χ1v) is 7.08. The Balaban J connectivity index is 1.85. The molecule has 1 aliphatic carbocycles. The van der Waals surface area contributed by atoms with Crippen molar-refractivity contribution in [3.8, 4) is 0 Å². The summed E-state index contributed by atoms with van der Waals surface area (Å²) in [6.45, 7) is -0.0412. The number of benzene rings is 2. The lowest BCUT2D eigenvalue weighted by Crippen LogP contribution is -2.44. The second-order valence-electron chi connectivity index (χ2n) is 5.36. The summed E-state index contributed by atoms with van der Waals surface area (Å²) in [6.07, 6.45) is 3.38. The maximum Gasteiger partial charge on any atom is 0.237 e. The van der Waals surface area contributed by atoms with E-state index in [1.807, 2.05) is 30.3 Å². The number of rotatable bonds is 4. The highest BCUT2D eigenvalue weighted by molar-refractivity contribution is 5.95. The van der Waals surface area contributed by atoms with Gasteiger partial charge in [-0.3, -0.25) is 4.79 Å². The predicted octanol–water partition coefficient (Wildman–Crippen LogP) is 2.40. The van der Waals surface area contributed by atoms with Crippen molar-refractivity contribution in [3.63, 3.8) is 0 Å². The maximum atomic E-state index is 13.5. The molecule has 0 heterocycles. The maximum absolute atomic E-state index is 13.5. The summed E-state index contributed by atoms with van der Waals surface area (Å²) in [5, 5.41) is 12.6. The van der Waals surface area contributed by atoms with Crippen LogP contribution in [0.2, 0.25) is 0 Å². The molecule has 2 N–H and O–H groups in total. The summed E-state index contributed by atoms with van der Waals surface area (Å²) in [5.41, 5.74) is 1.00. The molecule has 0 saturated heterocycles. The van der Waals surface area contributed by atoms with Gasteiger partial charge < -0.3 is 10.4 Å². The molecule has 0 bridgehead atoms. The molecular weight excluding hydrogens is 281 g/mol. The molecule has 22 heavy (non-hydrogen) atoms. The molecule has 0 radical (unpaired) electrons. The van der Waals surface area contributed by atoms with Crippen LogP contribution in [0.4, 0.5) is 4.39 Å². The standard InChI is InChI=1S/C18H16FNO2/c19-15-7-6-14-8-9-18(12-21,16(14)10-15)17(22)20-11-13-4-2-1-3-5-13/h1-10,21H,11-12H2,(H,20,22). The van der Waals surface area contributed by atoms with Crippen molar-refractivity contribution in [2.75, 3.05) is 6.61 Å². The van der Waals surface area contributed by atoms with E-state index in [0.29, 0.717) is 12.1 Å². The quantitative estimate of drug-likeness (QED) is 0.910. The number of aliphatic hydroxyl groups is 1. The largest absolute Gasteiger partial charge is 0.395 e. The van der Waals surface area contributed by atoms with Crippen LogP contribution in [0, 0.1) is 5.82 Å². The Morgan fingerprint density at radius 3 is 2.68 bits per heavy atom. The van der Waals surface area contributed by atoms with Crippen LogP contribution < -0.4 is 5.32 Å². The summed E-state index contributed by atoms with van der Waals surface area (Å²) in [6, 6.07) is 13.8. The lowest BCUT2D eigenvalue weighted by molar-refractivity contribution is -0.126. The summed E-state index contributed by atoms with van der Waals surface area (Å²) in [7, 11) is 0. The van der Waals surface area contributed by atoms with Crippen LogP contribution in [-0.2, 0) is 16.8 Å². The highest BCUT2D eigenvalue weighted by Crippen LogP contribution is 2.36. The molecule has 4 heteroatoms. The predicted molar refractivity (Wildman–Crippen MR) is 82.5 cm³/mol. The van der Waals surface area contributed by atoms with E-state index in [4.69, 9.17) is 0 Å². The van der Waals surface area contributed by atoms with Gasteiger partial charge in [0, 0.05) is 6.54 Å². The van der Waals surface area contributed by atoms with Crippen LogP contribution in [0.1, 0.15) is 16.7 Å². The Labute approximate surface area is 128 Å². The molecule has 112 valence electrons. The summed E-state index contributed by atoms with van der Waals surface area (Å²) in [4.78, 5) is 12.6. The third-order valence-electron chi connectivity index (χ3n) is 3.99. The smallest absolute Gasteiger partial charge is 0.237 e. The van der Waals surface area contributed by atoms with E-state index in [9.17, 15) is 14.3 Å². The molecule has 2 aromatic rings. The van der Waals surface area contributed by atoms with Crippen LogP contribution in [0.3, 0.4) is 0 Å². The van der Waals surface area contributed by atoms with E-state index in [1.54, 1.807) is 18.2 Å². The van der Waals surface area contributed by atoms with Crippen molar-refractivity contribution in [1.29, 1.82) is 0 Å². The fourth-order valence-electron chi connectivity index (χ4n) is 2.73. The number of carbonyl (C=O) groups excluding carboxylic acids is 1. The molecule has 1 atom stereocenters. The molecule has 2 aromatic carbocycles. The second-order valence-corrected chi connectivity index (χ2v) is 5.36. The Bertz CT molecular complexity index is 727. The first-order chi connectivity index (χ1) is 10.7. The Hall–Kier alpha value is -2.46. The number of hydrogen-bond acceptors (Lipinski definition) is 2. The van der Waals surface area contributed by atoms with Crippen molar-refractivity contribution < 1.29 is 14.3 Å². The van der Waals surface area contributed by atoms with Crippen molar-refractivity contribution in [2.24, 2.45) is 0 Å². The summed E-state index contributed by atoms with van der Waals surface area (Å²) in [5.74, 6) is -0.754. The van der Waals surface area contributed by atoms with Crippen LogP contribution in [0.5, 0.6) is 0 Å². The van der Waals surface area contributed by atoms with Gasteiger partial charge in [-0.25, -0.2) is 4.39 Å². The Morgan fingerprint density at radius 2 is 1.95 bits per heavy atom.